The molecule has 1 aliphatic rings. The predicted molar refractivity (Wildman–Crippen MR) is 92.6 cm³/mol. The molecule has 1 amide bonds. The SMILES string of the molecule is O=C(Cc1ccccc1)N1CC[NH+](Cc2cccc(Cl)c2)CC1. The summed E-state index contributed by atoms with van der Waals surface area (Å²) < 4.78 is 0. The van der Waals surface area contributed by atoms with Gasteiger partial charge in [0.2, 0.25) is 5.91 Å². The van der Waals surface area contributed by atoms with Gasteiger partial charge in [-0.05, 0) is 17.7 Å². The molecule has 1 aliphatic heterocycles. The molecular formula is C19H22ClN2O+. The second kappa shape index (κ2) is 7.62. The van der Waals surface area contributed by atoms with Gasteiger partial charge in [-0.2, -0.15) is 0 Å². The van der Waals surface area contributed by atoms with Crippen LogP contribution in [0, 0.1) is 0 Å². The van der Waals surface area contributed by atoms with Crippen LogP contribution in [0.2, 0.25) is 5.02 Å². The van der Waals surface area contributed by atoms with Crippen molar-refractivity contribution in [2.24, 2.45) is 0 Å². The summed E-state index contributed by atoms with van der Waals surface area (Å²) in [5.74, 6) is 0.234. The van der Waals surface area contributed by atoms with Crippen molar-refractivity contribution < 1.29 is 9.69 Å². The first-order valence-electron chi connectivity index (χ1n) is 8.10. The number of halogens is 1. The maximum Gasteiger partial charge on any atom is 0.227 e. The van der Waals surface area contributed by atoms with E-state index in [2.05, 4.69) is 6.07 Å². The zero-order valence-corrected chi connectivity index (χ0v) is 13.9. The number of hydrogen-bond acceptors (Lipinski definition) is 1. The van der Waals surface area contributed by atoms with Crippen molar-refractivity contribution in [3.05, 3.63) is 70.7 Å². The van der Waals surface area contributed by atoms with E-state index in [1.165, 1.54) is 10.5 Å². The molecule has 120 valence electrons. The third kappa shape index (κ3) is 4.57. The highest BCUT2D eigenvalue weighted by Crippen LogP contribution is 2.10. The molecule has 1 N–H and O–H groups in total. The minimum atomic E-state index is 0.234. The third-order valence-electron chi connectivity index (χ3n) is 4.36. The molecule has 3 rings (SSSR count). The molecule has 4 heteroatoms. The average molecular weight is 330 g/mol. The molecular weight excluding hydrogens is 308 g/mol. The zero-order chi connectivity index (χ0) is 16.1. The smallest absolute Gasteiger partial charge is 0.227 e. The fourth-order valence-electron chi connectivity index (χ4n) is 3.07. The first-order chi connectivity index (χ1) is 11.2. The number of piperazine rings is 1. The summed E-state index contributed by atoms with van der Waals surface area (Å²) in [6.45, 7) is 4.63. The minimum Gasteiger partial charge on any atom is -0.331 e. The highest BCUT2D eigenvalue weighted by atomic mass is 35.5. The first kappa shape index (κ1) is 16.0. The van der Waals surface area contributed by atoms with Gasteiger partial charge >= 0.3 is 0 Å². The van der Waals surface area contributed by atoms with E-state index in [1.807, 2.05) is 53.4 Å². The van der Waals surface area contributed by atoms with Gasteiger partial charge < -0.3 is 9.80 Å². The molecule has 1 heterocycles. The number of nitrogens with zero attached hydrogens (tertiary/aromatic N) is 1. The lowest BCUT2D eigenvalue weighted by atomic mass is 10.1. The van der Waals surface area contributed by atoms with E-state index in [4.69, 9.17) is 11.6 Å². The van der Waals surface area contributed by atoms with Gasteiger partial charge in [0.1, 0.15) is 6.54 Å². The van der Waals surface area contributed by atoms with Crippen molar-refractivity contribution in [1.82, 2.24) is 4.90 Å². The summed E-state index contributed by atoms with van der Waals surface area (Å²) in [7, 11) is 0. The van der Waals surface area contributed by atoms with Gasteiger partial charge in [0, 0.05) is 10.6 Å². The lowest BCUT2D eigenvalue weighted by molar-refractivity contribution is -0.917. The fraction of sp³-hybridized carbons (Fsp3) is 0.316. The maximum absolute atomic E-state index is 12.4. The van der Waals surface area contributed by atoms with Crippen LogP contribution in [0.3, 0.4) is 0 Å². The van der Waals surface area contributed by atoms with Gasteiger partial charge in [-0.3, -0.25) is 4.79 Å². The van der Waals surface area contributed by atoms with Crippen molar-refractivity contribution in [3.63, 3.8) is 0 Å². The highest BCUT2D eigenvalue weighted by molar-refractivity contribution is 6.30. The summed E-state index contributed by atoms with van der Waals surface area (Å²) in [4.78, 5) is 15.9. The van der Waals surface area contributed by atoms with Crippen molar-refractivity contribution in [2.45, 2.75) is 13.0 Å². The van der Waals surface area contributed by atoms with Gasteiger partial charge in [-0.25, -0.2) is 0 Å². The standard InChI is InChI=1S/C19H21ClN2O/c20-18-8-4-7-17(13-18)15-21-9-11-22(12-10-21)19(23)14-16-5-2-1-3-6-16/h1-8,13H,9-12,14-15H2/p+1. The van der Waals surface area contributed by atoms with E-state index >= 15 is 0 Å². The first-order valence-corrected chi connectivity index (χ1v) is 8.48. The number of carbonyl (C=O) groups is 1. The molecule has 0 bridgehead atoms. The number of rotatable bonds is 4. The largest absolute Gasteiger partial charge is 0.331 e. The van der Waals surface area contributed by atoms with Crippen LogP contribution in [-0.2, 0) is 17.8 Å². The number of carbonyl (C=O) groups excluding carboxylic acids is 1. The van der Waals surface area contributed by atoms with Crippen molar-refractivity contribution in [1.29, 1.82) is 0 Å². The quantitative estimate of drug-likeness (QED) is 0.909. The van der Waals surface area contributed by atoms with Crippen LogP contribution in [0.1, 0.15) is 11.1 Å². The maximum atomic E-state index is 12.4. The molecule has 0 spiro atoms. The van der Waals surface area contributed by atoms with Gasteiger partial charge in [-0.1, -0.05) is 54.1 Å². The number of quaternary nitrogens is 1. The Bertz CT molecular complexity index is 651. The van der Waals surface area contributed by atoms with E-state index in [9.17, 15) is 4.79 Å². The van der Waals surface area contributed by atoms with E-state index < -0.39 is 0 Å². The zero-order valence-electron chi connectivity index (χ0n) is 13.2. The molecule has 2 aromatic carbocycles. The van der Waals surface area contributed by atoms with Gasteiger partial charge in [-0.15, -0.1) is 0 Å². The summed E-state index contributed by atoms with van der Waals surface area (Å²) in [5.41, 5.74) is 2.35. The average Bonchev–Trinajstić information content (AvgIpc) is 2.56. The van der Waals surface area contributed by atoms with E-state index in [0.29, 0.717) is 6.42 Å². The normalized spacial score (nSPS) is 15.6. The molecule has 0 unspecified atom stereocenters. The van der Waals surface area contributed by atoms with Crippen molar-refractivity contribution >= 4 is 17.5 Å². The predicted octanol–water partition coefficient (Wildman–Crippen LogP) is 1.81. The Morgan fingerprint density at radius 2 is 1.70 bits per heavy atom. The molecule has 23 heavy (non-hydrogen) atoms. The molecule has 0 radical (unpaired) electrons. The molecule has 1 saturated heterocycles. The van der Waals surface area contributed by atoms with Crippen LogP contribution in [0.25, 0.3) is 0 Å². The van der Waals surface area contributed by atoms with Gasteiger partial charge in [0.25, 0.3) is 0 Å². The number of benzene rings is 2. The van der Waals surface area contributed by atoms with Crippen molar-refractivity contribution in [2.75, 3.05) is 26.2 Å². The van der Waals surface area contributed by atoms with Crippen LogP contribution >= 0.6 is 11.6 Å². The molecule has 3 nitrogen and oxygen atoms in total. The Morgan fingerprint density at radius 3 is 2.39 bits per heavy atom. The van der Waals surface area contributed by atoms with Crippen LogP contribution in [0.15, 0.2) is 54.6 Å². The summed E-state index contributed by atoms with van der Waals surface area (Å²) in [6.07, 6.45) is 0.504. The van der Waals surface area contributed by atoms with E-state index in [-0.39, 0.29) is 5.91 Å². The Labute approximate surface area is 142 Å². The summed E-state index contributed by atoms with van der Waals surface area (Å²) in [5, 5.41) is 0.790. The Hall–Kier alpha value is -1.84. The molecule has 0 saturated carbocycles. The highest BCUT2D eigenvalue weighted by Gasteiger charge is 2.23. The minimum absolute atomic E-state index is 0.234. The molecule has 0 aliphatic carbocycles. The van der Waals surface area contributed by atoms with Gasteiger partial charge in [0.15, 0.2) is 0 Å². The van der Waals surface area contributed by atoms with Crippen molar-refractivity contribution in [3.8, 4) is 0 Å². The molecule has 1 fully saturated rings. The molecule has 2 aromatic rings. The topological polar surface area (TPSA) is 24.8 Å². The lowest BCUT2D eigenvalue weighted by Crippen LogP contribution is -3.13. The van der Waals surface area contributed by atoms with Crippen LogP contribution < -0.4 is 4.90 Å². The second-order valence-electron chi connectivity index (χ2n) is 6.10. The lowest BCUT2D eigenvalue weighted by Gasteiger charge is -2.32. The Kier molecular flexibility index (Phi) is 5.31. The van der Waals surface area contributed by atoms with E-state index in [0.717, 1.165) is 43.3 Å². The van der Waals surface area contributed by atoms with Crippen LogP contribution in [0.5, 0.6) is 0 Å². The number of amides is 1. The van der Waals surface area contributed by atoms with Gasteiger partial charge in [0.05, 0.1) is 32.6 Å². The monoisotopic (exact) mass is 329 g/mol. The second-order valence-corrected chi connectivity index (χ2v) is 6.54. The Morgan fingerprint density at radius 1 is 1.00 bits per heavy atom. The third-order valence-corrected chi connectivity index (χ3v) is 4.60. The number of nitrogens with one attached hydrogen (secondary N) is 1. The molecule has 0 aromatic heterocycles. The Balaban J connectivity index is 1.49. The fourth-order valence-corrected chi connectivity index (χ4v) is 3.28. The van der Waals surface area contributed by atoms with E-state index in [1.54, 1.807) is 0 Å². The number of hydrogen-bond donors (Lipinski definition) is 1. The van der Waals surface area contributed by atoms with Crippen LogP contribution in [0.4, 0.5) is 0 Å². The summed E-state index contributed by atoms with van der Waals surface area (Å²) >= 11 is 6.04. The van der Waals surface area contributed by atoms with Crippen LogP contribution in [-0.4, -0.2) is 37.0 Å². The summed E-state index contributed by atoms with van der Waals surface area (Å²) in [6, 6.07) is 18.0. The molecule has 0 atom stereocenters.